The van der Waals surface area contributed by atoms with E-state index in [1.165, 1.54) is 17.0 Å². The molecule has 0 amide bonds. The van der Waals surface area contributed by atoms with Crippen LogP contribution in [0.5, 0.6) is 5.88 Å². The molecule has 1 heterocycles. The van der Waals surface area contributed by atoms with E-state index >= 15 is 0 Å². The number of hydrogen-bond acceptors (Lipinski definition) is 4. The largest absolute Gasteiger partial charge is 0.472 e. The van der Waals surface area contributed by atoms with E-state index in [9.17, 15) is 13.6 Å². The highest BCUT2D eigenvalue weighted by molar-refractivity contribution is 9.10. The summed E-state index contributed by atoms with van der Waals surface area (Å²) in [5.41, 5.74) is 1.98. The van der Waals surface area contributed by atoms with Gasteiger partial charge in [-0.25, -0.2) is 13.8 Å². The number of hydrogen-bond donors (Lipinski definition) is 0. The molecule has 3 rings (SSSR count). The van der Waals surface area contributed by atoms with Crippen LogP contribution in [0.25, 0.3) is 0 Å². The van der Waals surface area contributed by atoms with Gasteiger partial charge in [0.2, 0.25) is 5.88 Å². The summed E-state index contributed by atoms with van der Waals surface area (Å²) in [7, 11) is 3.99. The predicted octanol–water partition coefficient (Wildman–Crippen LogP) is 3.97. The van der Waals surface area contributed by atoms with Crippen molar-refractivity contribution in [2.45, 2.75) is 19.7 Å². The third kappa shape index (κ3) is 5.48. The maximum Gasteiger partial charge on any atom is 0.271 e. The minimum absolute atomic E-state index is 0.0522. The lowest BCUT2D eigenvalue weighted by Gasteiger charge is -2.13. The number of rotatable bonds is 7. The third-order valence-electron chi connectivity index (χ3n) is 4.17. The zero-order chi connectivity index (χ0) is 21.0. The Hall–Kier alpha value is -2.58. The monoisotopic (exact) mass is 463 g/mol. The van der Waals surface area contributed by atoms with E-state index in [0.29, 0.717) is 6.54 Å². The molecule has 0 aliphatic heterocycles. The molecule has 0 spiro atoms. The fraction of sp³-hybridized carbons (Fsp3) is 0.238. The van der Waals surface area contributed by atoms with Gasteiger partial charge >= 0.3 is 0 Å². The Morgan fingerprint density at radius 3 is 2.62 bits per heavy atom. The third-order valence-corrected chi connectivity index (χ3v) is 4.85. The Kier molecular flexibility index (Phi) is 6.76. The summed E-state index contributed by atoms with van der Waals surface area (Å²) in [5.74, 6) is -1.33. The number of aromatic nitrogens is 2. The molecule has 3 aromatic rings. The van der Waals surface area contributed by atoms with Crippen molar-refractivity contribution < 1.29 is 13.5 Å². The summed E-state index contributed by atoms with van der Waals surface area (Å²) in [4.78, 5) is 18.9. The lowest BCUT2D eigenvalue weighted by Crippen LogP contribution is -2.22. The molecule has 0 fully saturated rings. The van der Waals surface area contributed by atoms with E-state index in [0.717, 1.165) is 29.8 Å². The maximum atomic E-state index is 13.7. The second-order valence-corrected chi connectivity index (χ2v) is 7.67. The summed E-state index contributed by atoms with van der Waals surface area (Å²) in [6, 6.07) is 11.2. The van der Waals surface area contributed by atoms with Crippen LogP contribution in [0.1, 0.15) is 16.7 Å². The minimum Gasteiger partial charge on any atom is -0.472 e. The first kappa shape index (κ1) is 21.1. The van der Waals surface area contributed by atoms with Crippen molar-refractivity contribution in [3.05, 3.63) is 91.9 Å². The van der Waals surface area contributed by atoms with Gasteiger partial charge in [0.25, 0.3) is 5.56 Å². The van der Waals surface area contributed by atoms with E-state index in [2.05, 4.69) is 25.8 Å². The molecule has 0 aliphatic rings. The lowest BCUT2D eigenvalue weighted by molar-refractivity contribution is 0.283. The summed E-state index contributed by atoms with van der Waals surface area (Å²) in [6.45, 7) is 0.990. The molecule has 0 N–H and O–H groups in total. The molecule has 29 heavy (non-hydrogen) atoms. The summed E-state index contributed by atoms with van der Waals surface area (Å²) >= 11 is 3.21. The van der Waals surface area contributed by atoms with Gasteiger partial charge in [0.15, 0.2) is 0 Å². The van der Waals surface area contributed by atoms with Crippen molar-refractivity contribution in [2.24, 2.45) is 0 Å². The molecule has 0 bridgehead atoms. The van der Waals surface area contributed by atoms with Crippen molar-refractivity contribution in [3.8, 4) is 5.88 Å². The number of halogens is 3. The van der Waals surface area contributed by atoms with E-state index in [-0.39, 0.29) is 28.1 Å². The zero-order valence-corrected chi connectivity index (χ0v) is 17.6. The number of ether oxygens (including phenoxy) is 1. The van der Waals surface area contributed by atoms with E-state index in [1.54, 1.807) is 0 Å². The van der Waals surface area contributed by atoms with Crippen LogP contribution in [0, 0.1) is 11.6 Å². The molecule has 8 heteroatoms. The van der Waals surface area contributed by atoms with Gasteiger partial charge in [-0.2, -0.15) is 0 Å². The number of benzene rings is 2. The summed E-state index contributed by atoms with van der Waals surface area (Å²) in [5, 5.41) is 0. The van der Waals surface area contributed by atoms with Crippen LogP contribution >= 0.6 is 15.9 Å². The van der Waals surface area contributed by atoms with Gasteiger partial charge in [0, 0.05) is 18.2 Å². The molecule has 0 saturated carbocycles. The van der Waals surface area contributed by atoms with Gasteiger partial charge in [-0.15, -0.1) is 0 Å². The van der Waals surface area contributed by atoms with E-state index in [4.69, 9.17) is 4.74 Å². The summed E-state index contributed by atoms with van der Waals surface area (Å²) in [6.07, 6.45) is 1.39. The van der Waals surface area contributed by atoms with Crippen LogP contribution in [0.4, 0.5) is 8.78 Å². The quantitative estimate of drug-likeness (QED) is 0.531. The van der Waals surface area contributed by atoms with Gasteiger partial charge in [-0.3, -0.25) is 9.36 Å². The maximum absolute atomic E-state index is 13.7. The Labute approximate surface area is 175 Å². The molecular formula is C21H20BrF2N3O2. The average molecular weight is 464 g/mol. The predicted molar refractivity (Wildman–Crippen MR) is 110 cm³/mol. The Morgan fingerprint density at radius 1 is 1.14 bits per heavy atom. The van der Waals surface area contributed by atoms with Crippen molar-refractivity contribution in [2.75, 3.05) is 14.1 Å². The first-order valence-electron chi connectivity index (χ1n) is 8.87. The van der Waals surface area contributed by atoms with Gasteiger partial charge in [-0.05, 0) is 53.3 Å². The van der Waals surface area contributed by atoms with Crippen LogP contribution < -0.4 is 10.3 Å². The minimum atomic E-state index is -0.716. The van der Waals surface area contributed by atoms with Crippen molar-refractivity contribution in [3.63, 3.8) is 0 Å². The molecular weight excluding hydrogens is 444 g/mol. The van der Waals surface area contributed by atoms with Gasteiger partial charge in [0.1, 0.15) is 29.0 Å². The second kappa shape index (κ2) is 9.28. The zero-order valence-electron chi connectivity index (χ0n) is 16.0. The highest BCUT2D eigenvalue weighted by Crippen LogP contribution is 2.20. The molecule has 0 saturated heterocycles. The first-order chi connectivity index (χ1) is 13.8. The molecule has 5 nitrogen and oxygen atoms in total. The molecule has 0 radical (unpaired) electrons. The van der Waals surface area contributed by atoms with Crippen LogP contribution in [0.15, 0.2) is 58.1 Å². The van der Waals surface area contributed by atoms with Gasteiger partial charge in [-0.1, -0.05) is 24.3 Å². The Bertz CT molecular complexity index is 1070. The fourth-order valence-corrected chi connectivity index (χ4v) is 3.28. The van der Waals surface area contributed by atoms with Crippen LogP contribution in [-0.2, 0) is 19.7 Å². The number of nitrogens with zero attached hydrogens (tertiary/aromatic N) is 3. The van der Waals surface area contributed by atoms with Gasteiger partial charge in [0.05, 0.1) is 6.54 Å². The van der Waals surface area contributed by atoms with Gasteiger partial charge < -0.3 is 9.64 Å². The topological polar surface area (TPSA) is 47.4 Å². The van der Waals surface area contributed by atoms with E-state index in [1.807, 2.05) is 38.4 Å². The Morgan fingerprint density at radius 2 is 1.90 bits per heavy atom. The van der Waals surface area contributed by atoms with Crippen molar-refractivity contribution in [1.82, 2.24) is 14.5 Å². The molecule has 2 aromatic carbocycles. The standard InChI is InChI=1S/C21H20BrF2N3O2/c1-26(2)10-14-4-3-5-15(8-14)11-27-13-25-20(19(22)21(27)28)29-12-16-6-7-17(23)9-18(16)24/h3-9,13H,10-12H2,1-2H3. The summed E-state index contributed by atoms with van der Waals surface area (Å²) < 4.78 is 33.8. The molecule has 1 aromatic heterocycles. The molecule has 152 valence electrons. The average Bonchev–Trinajstić information content (AvgIpc) is 2.66. The Balaban J connectivity index is 1.75. The fourth-order valence-electron chi connectivity index (χ4n) is 2.84. The molecule has 0 unspecified atom stereocenters. The first-order valence-corrected chi connectivity index (χ1v) is 9.67. The van der Waals surface area contributed by atoms with Crippen LogP contribution in [0.2, 0.25) is 0 Å². The highest BCUT2D eigenvalue weighted by atomic mass is 79.9. The SMILES string of the molecule is CN(C)Cc1cccc(Cn2cnc(OCc3ccc(F)cc3F)c(Br)c2=O)c1. The second-order valence-electron chi connectivity index (χ2n) is 6.88. The van der Waals surface area contributed by atoms with Crippen molar-refractivity contribution in [1.29, 1.82) is 0 Å². The molecule has 0 aliphatic carbocycles. The smallest absolute Gasteiger partial charge is 0.271 e. The molecule has 0 atom stereocenters. The normalized spacial score (nSPS) is 11.1. The lowest BCUT2D eigenvalue weighted by atomic mass is 10.1. The highest BCUT2D eigenvalue weighted by Gasteiger charge is 2.13. The van der Waals surface area contributed by atoms with Crippen LogP contribution in [0.3, 0.4) is 0 Å². The van der Waals surface area contributed by atoms with Crippen molar-refractivity contribution >= 4 is 15.9 Å². The van der Waals surface area contributed by atoms with E-state index < -0.39 is 11.6 Å². The van der Waals surface area contributed by atoms with Crippen LogP contribution in [-0.4, -0.2) is 28.5 Å².